The molecule has 6 fully saturated rings. The standard InChI is InChI=1S/C33H53NO6/c1-17-5-8-24-18(2)27-25(34(24)15-17)14-23-21-7-6-19-13-20(9-11-32(19,3)22(21)10-12-33(23,27)4)39-31-30(38)29(37)28(36)26(16-35)40-31/h6,17-18,20-31,35-38H,5,7-16H2,1-4H3. The quantitative estimate of drug-likeness (QED) is 0.393. The van der Waals surface area contributed by atoms with Gasteiger partial charge in [-0.1, -0.05) is 39.3 Å². The number of aliphatic hydroxyl groups excluding tert-OH is 4. The molecule has 7 heteroatoms. The van der Waals surface area contributed by atoms with Gasteiger partial charge in [-0.2, -0.15) is 0 Å². The van der Waals surface area contributed by atoms with Crippen molar-refractivity contribution in [2.75, 3.05) is 13.2 Å². The average molecular weight is 560 g/mol. The fourth-order valence-electron chi connectivity index (χ4n) is 11.9. The zero-order chi connectivity index (χ0) is 28.1. The first-order valence-electron chi connectivity index (χ1n) is 16.5. The van der Waals surface area contributed by atoms with Crippen LogP contribution in [0.2, 0.25) is 0 Å². The summed E-state index contributed by atoms with van der Waals surface area (Å²) in [7, 11) is 0. The van der Waals surface area contributed by atoms with Gasteiger partial charge in [0.25, 0.3) is 0 Å². The maximum Gasteiger partial charge on any atom is 0.186 e. The van der Waals surface area contributed by atoms with Crippen molar-refractivity contribution in [1.29, 1.82) is 0 Å². The monoisotopic (exact) mass is 559 g/mol. The summed E-state index contributed by atoms with van der Waals surface area (Å²) in [4.78, 5) is 2.98. The van der Waals surface area contributed by atoms with Crippen molar-refractivity contribution in [1.82, 2.24) is 4.90 Å². The van der Waals surface area contributed by atoms with Gasteiger partial charge < -0.3 is 29.9 Å². The molecule has 16 unspecified atom stereocenters. The van der Waals surface area contributed by atoms with Crippen LogP contribution in [0.25, 0.3) is 0 Å². The number of fused-ring (bicyclic) bond motifs is 9. The fraction of sp³-hybridized carbons (Fsp3) is 0.939. The third kappa shape index (κ3) is 4.01. The van der Waals surface area contributed by atoms with E-state index in [1.165, 1.54) is 50.6 Å². The van der Waals surface area contributed by atoms with Crippen molar-refractivity contribution >= 4 is 0 Å². The van der Waals surface area contributed by atoms with Crippen molar-refractivity contribution < 1.29 is 29.9 Å². The van der Waals surface area contributed by atoms with Gasteiger partial charge in [0.15, 0.2) is 6.29 Å². The summed E-state index contributed by atoms with van der Waals surface area (Å²) in [6.45, 7) is 11.1. The highest BCUT2D eigenvalue weighted by Crippen LogP contribution is 2.70. The fourth-order valence-corrected chi connectivity index (χ4v) is 11.9. The summed E-state index contributed by atoms with van der Waals surface area (Å²) in [5, 5.41) is 40.4. The summed E-state index contributed by atoms with van der Waals surface area (Å²) >= 11 is 0. The number of allylic oxidation sites excluding steroid dienone is 1. The molecule has 0 aromatic heterocycles. The lowest BCUT2D eigenvalue weighted by Crippen LogP contribution is -2.60. The van der Waals surface area contributed by atoms with Crippen molar-refractivity contribution in [2.45, 2.75) is 134 Å². The molecular formula is C33H53NO6. The largest absolute Gasteiger partial charge is 0.394 e. The molecule has 0 aromatic rings. The van der Waals surface area contributed by atoms with E-state index >= 15 is 0 Å². The van der Waals surface area contributed by atoms with Crippen LogP contribution >= 0.6 is 0 Å². The predicted octanol–water partition coefficient (Wildman–Crippen LogP) is 3.48. The topological polar surface area (TPSA) is 103 Å². The normalized spacial score (nSPS) is 57.9. The van der Waals surface area contributed by atoms with Crippen LogP contribution in [0.3, 0.4) is 0 Å². The highest BCUT2D eigenvalue weighted by molar-refractivity contribution is 5.27. The molecule has 7 nitrogen and oxygen atoms in total. The van der Waals surface area contributed by atoms with Crippen molar-refractivity contribution in [2.24, 2.45) is 46.3 Å². The van der Waals surface area contributed by atoms with Gasteiger partial charge in [-0.25, -0.2) is 0 Å². The van der Waals surface area contributed by atoms with E-state index in [0.717, 1.165) is 66.9 Å². The number of hydrogen-bond donors (Lipinski definition) is 4. The van der Waals surface area contributed by atoms with E-state index in [9.17, 15) is 20.4 Å². The lowest BCUT2D eigenvalue weighted by Gasteiger charge is -2.58. The molecule has 0 radical (unpaired) electrons. The van der Waals surface area contributed by atoms with Crippen LogP contribution in [0.1, 0.15) is 85.5 Å². The van der Waals surface area contributed by atoms with E-state index in [4.69, 9.17) is 9.47 Å². The number of ether oxygens (including phenoxy) is 2. The van der Waals surface area contributed by atoms with Crippen LogP contribution in [0.15, 0.2) is 11.6 Å². The minimum absolute atomic E-state index is 0.101. The molecule has 0 bridgehead atoms. The number of hydrogen-bond acceptors (Lipinski definition) is 7. The van der Waals surface area contributed by atoms with Crippen LogP contribution in [-0.2, 0) is 9.47 Å². The smallest absolute Gasteiger partial charge is 0.186 e. The Bertz CT molecular complexity index is 1000. The van der Waals surface area contributed by atoms with Crippen LogP contribution < -0.4 is 0 Å². The van der Waals surface area contributed by atoms with E-state index < -0.39 is 37.3 Å². The summed E-state index contributed by atoms with van der Waals surface area (Å²) in [5.41, 5.74) is 2.18. The van der Waals surface area contributed by atoms with Gasteiger partial charge in [-0.3, -0.25) is 4.90 Å². The Balaban J connectivity index is 1.07. The Morgan fingerprint density at radius 3 is 2.55 bits per heavy atom. The third-order valence-corrected chi connectivity index (χ3v) is 13.8. The molecule has 3 saturated heterocycles. The van der Waals surface area contributed by atoms with Crippen molar-refractivity contribution in [3.05, 3.63) is 11.6 Å². The second-order valence-electron chi connectivity index (χ2n) is 15.6. The van der Waals surface area contributed by atoms with E-state index in [1.54, 1.807) is 0 Å². The van der Waals surface area contributed by atoms with Gasteiger partial charge in [-0.05, 0) is 104 Å². The molecule has 226 valence electrons. The minimum atomic E-state index is -1.40. The Kier molecular flexibility index (Phi) is 7.06. The number of aliphatic hydroxyl groups is 4. The first-order chi connectivity index (χ1) is 19.1. The van der Waals surface area contributed by atoms with E-state index in [1.807, 2.05) is 0 Å². The Morgan fingerprint density at radius 2 is 1.77 bits per heavy atom. The highest BCUT2D eigenvalue weighted by atomic mass is 16.7. The molecule has 4 N–H and O–H groups in total. The molecule has 3 heterocycles. The first kappa shape index (κ1) is 28.2. The number of nitrogens with zero attached hydrogens (tertiary/aromatic N) is 1. The van der Waals surface area contributed by atoms with Crippen LogP contribution in [0.4, 0.5) is 0 Å². The van der Waals surface area contributed by atoms with Crippen molar-refractivity contribution in [3.8, 4) is 0 Å². The first-order valence-corrected chi connectivity index (χ1v) is 16.5. The third-order valence-electron chi connectivity index (χ3n) is 13.8. The Labute approximate surface area is 240 Å². The molecule has 3 saturated carbocycles. The molecule has 7 aliphatic rings. The molecule has 7 rings (SSSR count). The van der Waals surface area contributed by atoms with E-state index in [2.05, 4.69) is 38.7 Å². The maximum atomic E-state index is 10.5. The Hall–Kier alpha value is -0.540. The van der Waals surface area contributed by atoms with E-state index in [0.29, 0.717) is 5.41 Å². The van der Waals surface area contributed by atoms with Crippen LogP contribution in [0.5, 0.6) is 0 Å². The summed E-state index contributed by atoms with van der Waals surface area (Å²) in [6.07, 6.45) is 7.27. The van der Waals surface area contributed by atoms with Gasteiger partial charge in [0, 0.05) is 18.6 Å². The van der Waals surface area contributed by atoms with Gasteiger partial charge in [0.05, 0.1) is 12.7 Å². The predicted molar refractivity (Wildman–Crippen MR) is 151 cm³/mol. The number of rotatable bonds is 3. The molecular weight excluding hydrogens is 506 g/mol. The molecule has 0 spiro atoms. The minimum Gasteiger partial charge on any atom is -0.394 e. The van der Waals surface area contributed by atoms with E-state index in [-0.39, 0.29) is 11.5 Å². The number of piperidine rings is 1. The second kappa shape index (κ2) is 10.0. The Morgan fingerprint density at radius 1 is 0.975 bits per heavy atom. The average Bonchev–Trinajstić information content (AvgIpc) is 3.40. The second-order valence-corrected chi connectivity index (χ2v) is 15.6. The molecule has 0 amide bonds. The van der Waals surface area contributed by atoms with Gasteiger partial charge in [-0.15, -0.1) is 0 Å². The molecule has 0 aromatic carbocycles. The molecule has 40 heavy (non-hydrogen) atoms. The summed E-state index contributed by atoms with van der Waals surface area (Å²) in [6, 6.07) is 1.60. The lowest BCUT2D eigenvalue weighted by atomic mass is 9.47. The lowest BCUT2D eigenvalue weighted by molar-refractivity contribution is -0.313. The zero-order valence-corrected chi connectivity index (χ0v) is 25.0. The molecule has 3 aliphatic heterocycles. The van der Waals surface area contributed by atoms with Crippen molar-refractivity contribution in [3.63, 3.8) is 0 Å². The molecule has 4 aliphatic carbocycles. The summed E-state index contributed by atoms with van der Waals surface area (Å²) < 4.78 is 11.9. The van der Waals surface area contributed by atoms with Gasteiger partial charge >= 0.3 is 0 Å². The van der Waals surface area contributed by atoms with Crippen LogP contribution in [-0.4, -0.2) is 87.4 Å². The highest BCUT2D eigenvalue weighted by Gasteiger charge is 2.66. The molecule has 16 atom stereocenters. The SMILES string of the molecule is CC1CCC2C(C)C3C(CC4C5CC=C6CC(OC7OC(CO)C(O)C(O)C7O)CCC6(C)C5CCC43C)N2C1. The van der Waals surface area contributed by atoms with Gasteiger partial charge in [0.1, 0.15) is 24.4 Å². The van der Waals surface area contributed by atoms with Gasteiger partial charge in [0.2, 0.25) is 0 Å². The zero-order valence-electron chi connectivity index (χ0n) is 25.0. The maximum absolute atomic E-state index is 10.5. The summed E-state index contributed by atoms with van der Waals surface area (Å²) in [5.74, 6) is 4.83. The van der Waals surface area contributed by atoms with Crippen LogP contribution in [0, 0.1) is 46.3 Å².